The van der Waals surface area contributed by atoms with Crippen LogP contribution in [0.4, 0.5) is 0 Å². The van der Waals surface area contributed by atoms with Crippen LogP contribution in [0, 0.1) is 0 Å². The van der Waals surface area contributed by atoms with E-state index < -0.39 is 16.6 Å². The summed E-state index contributed by atoms with van der Waals surface area (Å²) in [6.45, 7) is 23.5. The second-order valence-corrected chi connectivity index (χ2v) is 17.9. The maximum absolute atomic E-state index is 6.10. The quantitative estimate of drug-likeness (QED) is 0.496. The van der Waals surface area contributed by atoms with Gasteiger partial charge in [-0.2, -0.15) is 0 Å². The van der Waals surface area contributed by atoms with Gasteiger partial charge < -0.3 is 13.6 Å². The fourth-order valence-corrected chi connectivity index (χ4v) is 2.48. The number of ether oxygens (including phenoxy) is 1. The van der Waals surface area contributed by atoms with Crippen molar-refractivity contribution in [3.8, 4) is 0 Å². The van der Waals surface area contributed by atoms with Gasteiger partial charge in [0, 0.05) is 0 Å². The summed E-state index contributed by atoms with van der Waals surface area (Å²) >= 11 is 0. The van der Waals surface area contributed by atoms with E-state index in [0.29, 0.717) is 5.95 Å². The molecular formula is C15H34O3Si2. The van der Waals surface area contributed by atoms with Gasteiger partial charge in [-0.15, -0.1) is 0 Å². The van der Waals surface area contributed by atoms with Crippen molar-refractivity contribution in [2.24, 2.45) is 0 Å². The molecule has 0 aliphatic rings. The van der Waals surface area contributed by atoms with Crippen molar-refractivity contribution < 1.29 is 13.6 Å². The predicted molar refractivity (Wildman–Crippen MR) is 91.6 cm³/mol. The minimum absolute atomic E-state index is 0.162. The average Bonchev–Trinajstić information content (AvgIpc) is 2.07. The fourth-order valence-electron chi connectivity index (χ4n) is 1.04. The van der Waals surface area contributed by atoms with E-state index in [1.165, 1.54) is 0 Å². The van der Waals surface area contributed by atoms with Crippen LogP contribution < -0.4 is 0 Å². The summed E-state index contributed by atoms with van der Waals surface area (Å²) in [5.41, 5.74) is -0.289. The Kier molecular flexibility index (Phi) is 6.01. The SMILES string of the molecule is CC(C)(C)O/C(=C/O[Si](C)(C)C(C)(C)C)O[Si](C)(C)C. The molecular weight excluding hydrogens is 284 g/mol. The van der Waals surface area contributed by atoms with E-state index in [0.717, 1.165) is 0 Å². The Bertz CT molecular complexity index is 324. The van der Waals surface area contributed by atoms with Crippen molar-refractivity contribution in [3.05, 3.63) is 12.2 Å². The zero-order chi connectivity index (χ0) is 16.4. The molecule has 0 amide bonds. The van der Waals surface area contributed by atoms with E-state index in [4.69, 9.17) is 13.6 Å². The second kappa shape index (κ2) is 6.14. The predicted octanol–water partition coefficient (Wildman–Crippen LogP) is 5.47. The molecule has 0 atom stereocenters. The Morgan fingerprint density at radius 2 is 1.30 bits per heavy atom. The van der Waals surface area contributed by atoms with Gasteiger partial charge in [0.2, 0.25) is 16.6 Å². The number of hydrogen-bond acceptors (Lipinski definition) is 3. The van der Waals surface area contributed by atoms with Gasteiger partial charge >= 0.3 is 5.95 Å². The van der Waals surface area contributed by atoms with Gasteiger partial charge in [-0.25, -0.2) is 0 Å². The molecule has 0 bridgehead atoms. The van der Waals surface area contributed by atoms with E-state index >= 15 is 0 Å². The minimum Gasteiger partial charge on any atom is -0.544 e. The van der Waals surface area contributed by atoms with Crippen molar-refractivity contribution in [1.29, 1.82) is 0 Å². The van der Waals surface area contributed by atoms with E-state index in [9.17, 15) is 0 Å². The van der Waals surface area contributed by atoms with Crippen LogP contribution in [0.1, 0.15) is 41.5 Å². The smallest absolute Gasteiger partial charge is 0.300 e. The monoisotopic (exact) mass is 318 g/mol. The minimum atomic E-state index is -1.84. The van der Waals surface area contributed by atoms with Crippen LogP contribution in [0.15, 0.2) is 12.2 Å². The Morgan fingerprint density at radius 3 is 1.60 bits per heavy atom. The molecule has 0 aromatic heterocycles. The van der Waals surface area contributed by atoms with Crippen LogP contribution in [0.2, 0.25) is 37.8 Å². The van der Waals surface area contributed by atoms with Crippen LogP contribution in [-0.4, -0.2) is 22.2 Å². The van der Waals surface area contributed by atoms with E-state index in [1.54, 1.807) is 6.26 Å². The third-order valence-corrected chi connectivity index (χ3v) is 8.20. The average molecular weight is 319 g/mol. The second-order valence-electron chi connectivity index (χ2n) is 8.74. The topological polar surface area (TPSA) is 27.7 Å². The summed E-state index contributed by atoms with van der Waals surface area (Å²) in [6.07, 6.45) is 1.70. The van der Waals surface area contributed by atoms with E-state index in [2.05, 4.69) is 53.5 Å². The van der Waals surface area contributed by atoms with Crippen molar-refractivity contribution in [3.63, 3.8) is 0 Å². The van der Waals surface area contributed by atoms with Crippen molar-refractivity contribution in [1.82, 2.24) is 0 Å². The first-order valence-electron chi connectivity index (χ1n) is 7.29. The molecule has 0 spiro atoms. The normalized spacial score (nSPS) is 15.1. The summed E-state index contributed by atoms with van der Waals surface area (Å²) in [7, 11) is -3.56. The highest BCUT2D eigenvalue weighted by molar-refractivity contribution is 6.74. The molecule has 0 unspecified atom stereocenters. The van der Waals surface area contributed by atoms with Crippen LogP contribution >= 0.6 is 0 Å². The van der Waals surface area contributed by atoms with Gasteiger partial charge in [0.05, 0.1) is 0 Å². The fraction of sp³-hybridized carbons (Fsp3) is 0.867. The highest BCUT2D eigenvalue weighted by atomic mass is 28.4. The standard InChI is InChI=1S/C15H34O3Si2/c1-14(2,3)17-13(18-19(7,8)9)12-16-20(10,11)15(4,5)6/h12H,1-11H3/b13-12-. The molecule has 120 valence electrons. The lowest BCUT2D eigenvalue weighted by Crippen LogP contribution is -2.39. The zero-order valence-electron chi connectivity index (χ0n) is 15.3. The molecule has 3 nitrogen and oxygen atoms in total. The maximum atomic E-state index is 6.10. The molecule has 0 saturated carbocycles. The molecule has 0 aliphatic carbocycles. The van der Waals surface area contributed by atoms with Crippen molar-refractivity contribution in [2.45, 2.75) is 84.9 Å². The maximum Gasteiger partial charge on any atom is 0.300 e. The lowest BCUT2D eigenvalue weighted by Gasteiger charge is -2.36. The highest BCUT2D eigenvalue weighted by Crippen LogP contribution is 2.37. The molecule has 0 aliphatic heterocycles. The lowest BCUT2D eigenvalue weighted by atomic mass is 10.2. The summed E-state index contributed by atoms with van der Waals surface area (Å²) in [6, 6.07) is 0. The van der Waals surface area contributed by atoms with Gasteiger partial charge in [0.15, 0.2) is 0 Å². The van der Waals surface area contributed by atoms with Gasteiger partial charge in [-0.3, -0.25) is 0 Å². The summed E-state index contributed by atoms with van der Waals surface area (Å²) in [4.78, 5) is 0. The molecule has 0 heterocycles. The first-order valence-corrected chi connectivity index (χ1v) is 13.6. The van der Waals surface area contributed by atoms with E-state index in [-0.39, 0.29) is 10.6 Å². The Hall–Kier alpha value is -0.426. The molecule has 0 saturated heterocycles. The zero-order valence-corrected chi connectivity index (χ0v) is 17.3. The van der Waals surface area contributed by atoms with Crippen LogP contribution in [0.25, 0.3) is 0 Å². The molecule has 20 heavy (non-hydrogen) atoms. The Morgan fingerprint density at radius 1 is 0.850 bits per heavy atom. The van der Waals surface area contributed by atoms with Gasteiger partial charge in [-0.05, 0) is 58.5 Å². The summed E-state index contributed by atoms with van der Waals surface area (Å²) in [5.74, 6) is 0.515. The first kappa shape index (κ1) is 19.6. The Balaban J connectivity index is 5.09. The summed E-state index contributed by atoms with van der Waals surface area (Å²) in [5, 5.41) is 0.162. The van der Waals surface area contributed by atoms with Crippen LogP contribution in [0.3, 0.4) is 0 Å². The van der Waals surface area contributed by atoms with Gasteiger partial charge in [0.1, 0.15) is 11.9 Å². The van der Waals surface area contributed by atoms with E-state index in [1.807, 2.05) is 20.8 Å². The van der Waals surface area contributed by atoms with Crippen LogP contribution in [-0.2, 0) is 13.6 Å². The first-order chi connectivity index (χ1) is 8.54. The molecule has 0 radical (unpaired) electrons. The largest absolute Gasteiger partial charge is 0.544 e. The van der Waals surface area contributed by atoms with Gasteiger partial charge in [0.25, 0.3) is 0 Å². The Labute approximate surface area is 128 Å². The molecule has 0 aromatic carbocycles. The molecule has 0 aromatic rings. The number of hydrogen-bond donors (Lipinski definition) is 0. The van der Waals surface area contributed by atoms with Gasteiger partial charge in [-0.1, -0.05) is 20.8 Å². The molecule has 0 fully saturated rings. The lowest BCUT2D eigenvalue weighted by molar-refractivity contribution is -0.0136. The molecule has 0 rings (SSSR count). The molecule has 5 heteroatoms. The van der Waals surface area contributed by atoms with Crippen LogP contribution in [0.5, 0.6) is 0 Å². The third kappa shape index (κ3) is 7.99. The van der Waals surface area contributed by atoms with Crippen molar-refractivity contribution >= 4 is 16.6 Å². The highest BCUT2D eigenvalue weighted by Gasteiger charge is 2.38. The third-order valence-electron chi connectivity index (χ3n) is 3.07. The van der Waals surface area contributed by atoms with Crippen molar-refractivity contribution in [2.75, 3.05) is 0 Å². The summed E-state index contributed by atoms with van der Waals surface area (Å²) < 4.78 is 18.0. The molecule has 0 N–H and O–H groups in total. The number of rotatable bonds is 5.